The summed E-state index contributed by atoms with van der Waals surface area (Å²) < 4.78 is 19.1. The van der Waals surface area contributed by atoms with Crippen molar-refractivity contribution in [3.63, 3.8) is 0 Å². The van der Waals surface area contributed by atoms with Crippen LogP contribution in [0.15, 0.2) is 41.3 Å². The van der Waals surface area contributed by atoms with Crippen LogP contribution in [0.3, 0.4) is 0 Å². The van der Waals surface area contributed by atoms with Crippen molar-refractivity contribution in [2.45, 2.75) is 62.4 Å². The fourth-order valence-electron chi connectivity index (χ4n) is 5.03. The van der Waals surface area contributed by atoms with Gasteiger partial charge in [-0.25, -0.2) is 4.39 Å². The minimum absolute atomic E-state index is 0.0427. The van der Waals surface area contributed by atoms with E-state index in [1.807, 2.05) is 6.07 Å². The van der Waals surface area contributed by atoms with Crippen LogP contribution in [0.5, 0.6) is 5.75 Å². The Labute approximate surface area is 190 Å². The molecule has 2 aromatic carbocycles. The molecule has 0 saturated carbocycles. The zero-order valence-corrected chi connectivity index (χ0v) is 20.0. The maximum Gasteiger partial charge on any atom is 0.132 e. The third kappa shape index (κ3) is 5.82. The lowest BCUT2D eigenvalue weighted by atomic mass is 9.66. The maximum absolute atomic E-state index is 13.7. The zero-order chi connectivity index (χ0) is 22.4. The molecule has 0 heterocycles. The molecule has 0 amide bonds. The van der Waals surface area contributed by atoms with Gasteiger partial charge in [-0.2, -0.15) is 0 Å². The average Bonchev–Trinajstić information content (AvgIpc) is 2.75. The number of halogens is 1. The highest BCUT2D eigenvalue weighted by Crippen LogP contribution is 2.45. The lowest BCUT2D eigenvalue weighted by Gasteiger charge is -2.44. The van der Waals surface area contributed by atoms with E-state index in [0.29, 0.717) is 18.8 Å². The molecule has 0 spiro atoms. The van der Waals surface area contributed by atoms with Gasteiger partial charge in [0.25, 0.3) is 0 Å². The Balaban J connectivity index is 1.50. The van der Waals surface area contributed by atoms with Crippen molar-refractivity contribution in [2.75, 3.05) is 26.5 Å². The molecule has 0 aliphatic heterocycles. The first-order valence-electron chi connectivity index (χ1n) is 11.3. The molecule has 0 bridgehead atoms. The van der Waals surface area contributed by atoms with Crippen LogP contribution < -0.4 is 10.1 Å². The lowest BCUT2D eigenvalue weighted by Crippen LogP contribution is -2.45. The predicted molar refractivity (Wildman–Crippen MR) is 128 cm³/mol. The van der Waals surface area contributed by atoms with E-state index >= 15 is 0 Å². The van der Waals surface area contributed by atoms with Gasteiger partial charge in [0.05, 0.1) is 12.7 Å². The minimum Gasteiger partial charge on any atom is -0.496 e. The molecule has 2 atom stereocenters. The number of hydrogen-bond acceptors (Lipinski definition) is 4. The largest absolute Gasteiger partial charge is 0.496 e. The smallest absolute Gasteiger partial charge is 0.132 e. The highest BCUT2D eigenvalue weighted by molar-refractivity contribution is 7.98. The number of methoxy groups -OCH3 is 1. The predicted octanol–water partition coefficient (Wildman–Crippen LogP) is 5.59. The van der Waals surface area contributed by atoms with Gasteiger partial charge in [0.2, 0.25) is 0 Å². The number of aryl methyl sites for hydroxylation is 2. The highest BCUT2D eigenvalue weighted by Gasteiger charge is 2.42. The van der Waals surface area contributed by atoms with Gasteiger partial charge in [-0.3, -0.25) is 0 Å². The van der Waals surface area contributed by atoms with E-state index in [1.165, 1.54) is 11.6 Å². The van der Waals surface area contributed by atoms with Gasteiger partial charge in [0, 0.05) is 10.8 Å². The molecule has 0 fully saturated rings. The summed E-state index contributed by atoms with van der Waals surface area (Å²) in [5.74, 6) is 1.10. The normalized spacial score (nSPS) is 20.7. The summed E-state index contributed by atoms with van der Waals surface area (Å²) in [6, 6.07) is 11.5. The molecular weight excluding hydrogens is 409 g/mol. The SMILES string of the molecule is COc1cc(CCCNCCC2(O)CCc3cc(F)ccc3C2C(C)C)ccc1SC. The summed E-state index contributed by atoms with van der Waals surface area (Å²) in [6.45, 7) is 6.00. The van der Waals surface area contributed by atoms with Crippen molar-refractivity contribution < 1.29 is 14.2 Å². The molecule has 170 valence electrons. The molecule has 2 unspecified atom stereocenters. The van der Waals surface area contributed by atoms with Gasteiger partial charge in [0.1, 0.15) is 11.6 Å². The Morgan fingerprint density at radius 2 is 2.03 bits per heavy atom. The van der Waals surface area contributed by atoms with Gasteiger partial charge in [-0.05, 0) is 98.3 Å². The van der Waals surface area contributed by atoms with Gasteiger partial charge in [-0.15, -0.1) is 11.8 Å². The molecule has 0 saturated heterocycles. The molecule has 2 N–H and O–H groups in total. The fourth-order valence-corrected chi connectivity index (χ4v) is 5.58. The second-order valence-electron chi connectivity index (χ2n) is 8.96. The lowest BCUT2D eigenvalue weighted by molar-refractivity contribution is -0.0241. The molecule has 0 aromatic heterocycles. The first-order chi connectivity index (χ1) is 14.9. The molecule has 1 aliphatic rings. The van der Waals surface area contributed by atoms with E-state index in [1.54, 1.807) is 24.9 Å². The van der Waals surface area contributed by atoms with Gasteiger partial charge in [0.15, 0.2) is 0 Å². The van der Waals surface area contributed by atoms with Crippen LogP contribution in [0.4, 0.5) is 4.39 Å². The number of fused-ring (bicyclic) bond motifs is 1. The van der Waals surface area contributed by atoms with Gasteiger partial charge < -0.3 is 15.2 Å². The van der Waals surface area contributed by atoms with Crippen molar-refractivity contribution in [3.05, 3.63) is 58.9 Å². The number of ether oxygens (including phenoxy) is 1. The zero-order valence-electron chi connectivity index (χ0n) is 19.2. The Hall–Kier alpha value is -1.56. The van der Waals surface area contributed by atoms with E-state index in [-0.39, 0.29) is 11.7 Å². The summed E-state index contributed by atoms with van der Waals surface area (Å²) in [6.07, 6.45) is 6.23. The third-order valence-corrected chi connectivity index (χ3v) is 7.29. The Bertz CT molecular complexity index is 872. The van der Waals surface area contributed by atoms with Crippen LogP contribution in [0.25, 0.3) is 0 Å². The van der Waals surface area contributed by atoms with Crippen LogP contribution in [0.1, 0.15) is 55.7 Å². The number of hydrogen-bond donors (Lipinski definition) is 2. The van der Waals surface area contributed by atoms with Crippen LogP contribution in [0.2, 0.25) is 0 Å². The topological polar surface area (TPSA) is 41.5 Å². The van der Waals surface area contributed by atoms with Crippen molar-refractivity contribution in [3.8, 4) is 5.75 Å². The number of aliphatic hydroxyl groups is 1. The molecule has 3 nitrogen and oxygen atoms in total. The summed E-state index contributed by atoms with van der Waals surface area (Å²) in [4.78, 5) is 1.16. The van der Waals surface area contributed by atoms with Crippen LogP contribution in [0, 0.1) is 11.7 Å². The second-order valence-corrected chi connectivity index (χ2v) is 9.81. The summed E-state index contributed by atoms with van der Waals surface area (Å²) >= 11 is 1.70. The fraction of sp³-hybridized carbons (Fsp3) is 0.538. The van der Waals surface area contributed by atoms with E-state index in [4.69, 9.17) is 4.74 Å². The Kier molecular flexibility index (Phi) is 8.43. The third-order valence-electron chi connectivity index (χ3n) is 6.51. The van der Waals surface area contributed by atoms with E-state index in [9.17, 15) is 9.50 Å². The Morgan fingerprint density at radius 1 is 1.23 bits per heavy atom. The second kappa shape index (κ2) is 10.8. The molecule has 0 radical (unpaired) electrons. The summed E-state index contributed by atoms with van der Waals surface area (Å²) in [5, 5.41) is 15.0. The Morgan fingerprint density at radius 3 is 2.74 bits per heavy atom. The number of nitrogens with one attached hydrogen (secondary N) is 1. The standard InChI is InChI=1S/C26H36FNO2S/c1-18(2)25-22-9-8-21(27)17-20(22)11-12-26(25,29)13-15-28-14-5-6-19-7-10-24(31-4)23(16-19)30-3/h7-10,16-18,25,28-29H,5-6,11-15H2,1-4H3. The van der Waals surface area contributed by atoms with E-state index in [2.05, 4.69) is 43.6 Å². The maximum atomic E-state index is 13.7. The van der Waals surface area contributed by atoms with Crippen LogP contribution in [-0.2, 0) is 12.8 Å². The minimum atomic E-state index is -0.743. The molecule has 3 rings (SSSR count). The highest BCUT2D eigenvalue weighted by atomic mass is 32.2. The number of rotatable bonds is 10. The van der Waals surface area contributed by atoms with Crippen LogP contribution in [-0.4, -0.2) is 37.2 Å². The van der Waals surface area contributed by atoms with Crippen molar-refractivity contribution in [1.29, 1.82) is 0 Å². The molecule has 5 heteroatoms. The molecule has 31 heavy (non-hydrogen) atoms. The number of benzene rings is 2. The van der Waals surface area contributed by atoms with Gasteiger partial charge in [-0.1, -0.05) is 26.0 Å². The summed E-state index contributed by atoms with van der Waals surface area (Å²) in [5.41, 5.74) is 2.71. The van der Waals surface area contributed by atoms with E-state index in [0.717, 1.165) is 54.1 Å². The average molecular weight is 446 g/mol. The number of thioether (sulfide) groups is 1. The summed E-state index contributed by atoms with van der Waals surface area (Å²) in [7, 11) is 1.72. The van der Waals surface area contributed by atoms with Gasteiger partial charge >= 0.3 is 0 Å². The molecule has 2 aromatic rings. The molecule has 1 aliphatic carbocycles. The van der Waals surface area contributed by atoms with Crippen molar-refractivity contribution in [2.24, 2.45) is 5.92 Å². The van der Waals surface area contributed by atoms with Crippen molar-refractivity contribution in [1.82, 2.24) is 5.32 Å². The quantitative estimate of drug-likeness (QED) is 0.370. The van der Waals surface area contributed by atoms with E-state index < -0.39 is 5.60 Å². The first-order valence-corrected chi connectivity index (χ1v) is 12.5. The molecular formula is C26H36FNO2S. The first kappa shape index (κ1) is 24.1. The monoisotopic (exact) mass is 445 g/mol. The van der Waals surface area contributed by atoms with Crippen LogP contribution >= 0.6 is 11.8 Å². The van der Waals surface area contributed by atoms with Crippen molar-refractivity contribution >= 4 is 11.8 Å².